The molecule has 0 aliphatic carbocycles. The van der Waals surface area contributed by atoms with Crippen molar-refractivity contribution in [3.8, 4) is 5.75 Å². The minimum absolute atomic E-state index is 0.0853. The van der Waals surface area contributed by atoms with Gasteiger partial charge in [-0.2, -0.15) is 8.42 Å². The van der Waals surface area contributed by atoms with E-state index in [1.165, 1.54) is 24.3 Å². The summed E-state index contributed by atoms with van der Waals surface area (Å²) < 4.78 is 35.1. The van der Waals surface area contributed by atoms with Crippen LogP contribution in [-0.4, -0.2) is 44.1 Å². The predicted octanol–water partition coefficient (Wildman–Crippen LogP) is 1.60. The molecule has 0 saturated carbocycles. The molecule has 25 heavy (non-hydrogen) atoms. The van der Waals surface area contributed by atoms with Gasteiger partial charge in [-0.3, -0.25) is 0 Å². The first-order valence-corrected chi connectivity index (χ1v) is 9.33. The Kier molecular flexibility index (Phi) is 5.10. The van der Waals surface area contributed by atoms with Crippen LogP contribution in [0.3, 0.4) is 0 Å². The molecule has 134 valence electrons. The van der Waals surface area contributed by atoms with Gasteiger partial charge in [0.25, 0.3) is 0 Å². The van der Waals surface area contributed by atoms with Crippen LogP contribution in [0.2, 0.25) is 0 Å². The van der Waals surface area contributed by atoms with Gasteiger partial charge >= 0.3 is 10.1 Å². The van der Waals surface area contributed by atoms with Crippen LogP contribution < -0.4 is 4.18 Å². The fraction of sp³-hybridized carbons (Fsp3) is 0.333. The molecule has 7 heteroatoms. The van der Waals surface area contributed by atoms with Crippen molar-refractivity contribution < 1.29 is 27.6 Å². The van der Waals surface area contributed by atoms with Gasteiger partial charge in [-0.15, -0.1) is 0 Å². The average Bonchev–Trinajstić information content (AvgIpc) is 2.96. The highest BCUT2D eigenvalue weighted by Crippen LogP contribution is 2.32. The highest BCUT2D eigenvalue weighted by Gasteiger charge is 2.36. The maximum Gasteiger partial charge on any atom is 0.339 e. The fourth-order valence-corrected chi connectivity index (χ4v) is 3.84. The largest absolute Gasteiger partial charge is 0.394 e. The van der Waals surface area contributed by atoms with Crippen LogP contribution in [0, 0.1) is 6.92 Å². The molecule has 6 nitrogen and oxygen atoms in total. The number of aryl methyl sites for hydroxylation is 1. The highest BCUT2D eigenvalue weighted by atomic mass is 32.2. The van der Waals surface area contributed by atoms with Gasteiger partial charge < -0.3 is 19.1 Å². The molecule has 0 unspecified atom stereocenters. The summed E-state index contributed by atoms with van der Waals surface area (Å²) in [5, 5.41) is 19.3. The predicted molar refractivity (Wildman–Crippen MR) is 91.0 cm³/mol. The molecule has 1 fully saturated rings. The number of hydrogen-bond acceptors (Lipinski definition) is 6. The van der Waals surface area contributed by atoms with Crippen LogP contribution in [0.15, 0.2) is 53.4 Å². The Morgan fingerprint density at radius 3 is 2.36 bits per heavy atom. The third-order valence-corrected chi connectivity index (χ3v) is 5.52. The van der Waals surface area contributed by atoms with Crippen molar-refractivity contribution in [3.63, 3.8) is 0 Å². The summed E-state index contributed by atoms with van der Waals surface area (Å²) in [5.74, 6) is -0.175. The molecule has 0 aromatic heterocycles. The SMILES string of the molecule is Cc1ccc(S(=O)(=O)Oc2ccc([C@H]3[C@H](O)CO[C@H]3CO)cc2)cc1. The van der Waals surface area contributed by atoms with Crippen molar-refractivity contribution in [1.82, 2.24) is 0 Å². The van der Waals surface area contributed by atoms with Crippen molar-refractivity contribution in [2.75, 3.05) is 13.2 Å². The first-order valence-electron chi connectivity index (χ1n) is 7.92. The molecule has 0 spiro atoms. The third kappa shape index (κ3) is 3.85. The summed E-state index contributed by atoms with van der Waals surface area (Å²) in [7, 11) is -3.90. The summed E-state index contributed by atoms with van der Waals surface area (Å²) in [4.78, 5) is 0.0853. The lowest BCUT2D eigenvalue weighted by Crippen LogP contribution is -2.24. The lowest BCUT2D eigenvalue weighted by molar-refractivity contribution is 0.0481. The zero-order valence-corrected chi connectivity index (χ0v) is 14.5. The molecule has 0 bridgehead atoms. The van der Waals surface area contributed by atoms with Crippen LogP contribution in [0.1, 0.15) is 17.0 Å². The van der Waals surface area contributed by atoms with E-state index in [-0.39, 0.29) is 29.8 Å². The summed E-state index contributed by atoms with van der Waals surface area (Å²) in [5.41, 5.74) is 1.71. The minimum Gasteiger partial charge on any atom is -0.394 e. The molecular weight excluding hydrogens is 344 g/mol. The zero-order valence-electron chi connectivity index (χ0n) is 13.7. The molecule has 1 heterocycles. The summed E-state index contributed by atoms with van der Waals surface area (Å²) >= 11 is 0. The Morgan fingerprint density at radius 1 is 1.12 bits per heavy atom. The lowest BCUT2D eigenvalue weighted by atomic mass is 9.91. The van der Waals surface area contributed by atoms with Crippen molar-refractivity contribution in [1.29, 1.82) is 0 Å². The third-order valence-electron chi connectivity index (χ3n) is 4.26. The average molecular weight is 364 g/mol. The van der Waals surface area contributed by atoms with Gasteiger partial charge in [-0.25, -0.2) is 0 Å². The number of aliphatic hydroxyl groups excluding tert-OH is 2. The number of hydrogen-bond donors (Lipinski definition) is 2. The minimum atomic E-state index is -3.90. The molecule has 1 saturated heterocycles. The van der Waals surface area contributed by atoms with Crippen molar-refractivity contribution in [2.45, 2.75) is 29.9 Å². The Morgan fingerprint density at radius 2 is 1.76 bits per heavy atom. The standard InChI is InChI=1S/C18H20O6S/c1-12-2-8-15(9-3-12)25(21,22)24-14-6-4-13(5-7-14)18-16(20)11-23-17(18)10-19/h2-9,16-20H,10-11H2,1H3/t16-,17+,18+/m1/s1. The molecule has 2 N–H and O–H groups in total. The molecule has 3 rings (SSSR count). The van der Waals surface area contributed by atoms with E-state index in [9.17, 15) is 18.6 Å². The topological polar surface area (TPSA) is 93.1 Å². The number of rotatable bonds is 5. The van der Waals surface area contributed by atoms with Crippen LogP contribution >= 0.6 is 0 Å². The molecule has 2 aromatic carbocycles. The van der Waals surface area contributed by atoms with E-state index in [1.807, 2.05) is 6.92 Å². The van der Waals surface area contributed by atoms with Gasteiger partial charge in [0.05, 0.1) is 25.4 Å². The number of ether oxygens (including phenoxy) is 1. The summed E-state index contributed by atoms with van der Waals surface area (Å²) in [6, 6.07) is 12.8. The Balaban J connectivity index is 1.77. The molecular formula is C18H20O6S. The normalized spacial score (nSPS) is 23.6. The Bertz CT molecular complexity index is 814. The quantitative estimate of drug-likeness (QED) is 0.783. The first-order chi connectivity index (χ1) is 11.9. The van der Waals surface area contributed by atoms with Crippen LogP contribution in [-0.2, 0) is 14.9 Å². The lowest BCUT2D eigenvalue weighted by Gasteiger charge is -2.19. The second kappa shape index (κ2) is 7.13. The molecule has 1 aliphatic heterocycles. The van der Waals surface area contributed by atoms with Crippen LogP contribution in [0.5, 0.6) is 5.75 Å². The Hall–Kier alpha value is -1.93. The van der Waals surface area contributed by atoms with E-state index in [0.717, 1.165) is 11.1 Å². The second-order valence-electron chi connectivity index (χ2n) is 6.07. The van der Waals surface area contributed by atoms with Crippen molar-refractivity contribution in [3.05, 3.63) is 59.7 Å². The van der Waals surface area contributed by atoms with E-state index in [4.69, 9.17) is 8.92 Å². The van der Waals surface area contributed by atoms with Crippen LogP contribution in [0.25, 0.3) is 0 Å². The molecule has 1 aliphatic rings. The van der Waals surface area contributed by atoms with E-state index < -0.39 is 22.3 Å². The number of benzene rings is 2. The van der Waals surface area contributed by atoms with Gasteiger partial charge in [-0.1, -0.05) is 29.8 Å². The van der Waals surface area contributed by atoms with Gasteiger partial charge in [0.15, 0.2) is 0 Å². The van der Waals surface area contributed by atoms with Crippen LogP contribution in [0.4, 0.5) is 0 Å². The summed E-state index contributed by atoms with van der Waals surface area (Å²) in [6.07, 6.45) is -1.18. The fourth-order valence-electron chi connectivity index (χ4n) is 2.91. The van der Waals surface area contributed by atoms with E-state index >= 15 is 0 Å². The van der Waals surface area contributed by atoms with E-state index in [1.54, 1.807) is 24.3 Å². The zero-order chi connectivity index (χ0) is 18.0. The Labute approximate surface area is 146 Å². The first kappa shape index (κ1) is 17.9. The molecule has 2 aromatic rings. The maximum atomic E-state index is 12.3. The maximum absolute atomic E-state index is 12.3. The van der Waals surface area contributed by atoms with Gasteiger partial charge in [0.2, 0.25) is 0 Å². The van der Waals surface area contributed by atoms with Crippen molar-refractivity contribution in [2.24, 2.45) is 0 Å². The summed E-state index contributed by atoms with van der Waals surface area (Å²) in [6.45, 7) is 1.84. The second-order valence-corrected chi connectivity index (χ2v) is 7.61. The molecule has 0 radical (unpaired) electrons. The van der Waals surface area contributed by atoms with E-state index in [0.29, 0.717) is 0 Å². The monoisotopic (exact) mass is 364 g/mol. The van der Waals surface area contributed by atoms with Crippen molar-refractivity contribution >= 4 is 10.1 Å². The highest BCUT2D eigenvalue weighted by molar-refractivity contribution is 7.87. The number of aliphatic hydroxyl groups is 2. The smallest absolute Gasteiger partial charge is 0.339 e. The van der Waals surface area contributed by atoms with E-state index in [2.05, 4.69) is 0 Å². The van der Waals surface area contributed by atoms with Gasteiger partial charge in [0, 0.05) is 5.92 Å². The molecule has 3 atom stereocenters. The van der Waals surface area contributed by atoms with Gasteiger partial charge in [-0.05, 0) is 36.8 Å². The van der Waals surface area contributed by atoms with Gasteiger partial charge in [0.1, 0.15) is 10.6 Å². The molecule has 0 amide bonds.